The zero-order valence-corrected chi connectivity index (χ0v) is 14.2. The van der Waals surface area contributed by atoms with Crippen LogP contribution in [0.3, 0.4) is 0 Å². The molecule has 0 amide bonds. The van der Waals surface area contributed by atoms with Crippen molar-refractivity contribution in [1.82, 2.24) is 0 Å². The Labute approximate surface area is 152 Å². The second-order valence-electron chi connectivity index (χ2n) is 5.76. The summed E-state index contributed by atoms with van der Waals surface area (Å²) in [5.74, 6) is -0.00686. The SMILES string of the molecule is O=C(CSC1=N[C@H]2Nc3ccccc3[C@@H]2N=N1)c1ccc([N+](=O)[O-])cc1. The number of ketones is 1. The molecule has 0 saturated carbocycles. The number of carbonyl (C=O) groups is 1. The molecule has 2 aliphatic heterocycles. The van der Waals surface area contributed by atoms with E-state index in [1.165, 1.54) is 36.0 Å². The summed E-state index contributed by atoms with van der Waals surface area (Å²) in [6, 6.07) is 13.3. The van der Waals surface area contributed by atoms with Gasteiger partial charge in [0.2, 0.25) is 5.17 Å². The highest BCUT2D eigenvalue weighted by molar-refractivity contribution is 8.14. The van der Waals surface area contributed by atoms with Gasteiger partial charge in [0.1, 0.15) is 6.04 Å². The molecule has 0 saturated heterocycles. The molecule has 0 aromatic heterocycles. The largest absolute Gasteiger partial charge is 0.361 e. The van der Waals surface area contributed by atoms with Crippen LogP contribution in [-0.4, -0.2) is 27.8 Å². The van der Waals surface area contributed by atoms with E-state index >= 15 is 0 Å². The molecule has 0 bridgehead atoms. The minimum Gasteiger partial charge on any atom is -0.361 e. The Balaban J connectivity index is 1.39. The molecule has 9 heteroatoms. The summed E-state index contributed by atoms with van der Waals surface area (Å²) in [4.78, 5) is 26.9. The Morgan fingerprint density at radius 1 is 1.19 bits per heavy atom. The van der Waals surface area contributed by atoms with Gasteiger partial charge in [-0.2, -0.15) is 5.11 Å². The van der Waals surface area contributed by atoms with Gasteiger partial charge in [0.15, 0.2) is 11.9 Å². The summed E-state index contributed by atoms with van der Waals surface area (Å²) in [6.07, 6.45) is -0.207. The number of hydrogen-bond donors (Lipinski definition) is 1. The van der Waals surface area contributed by atoms with Crippen LogP contribution in [0.4, 0.5) is 11.4 Å². The maximum Gasteiger partial charge on any atom is 0.269 e. The van der Waals surface area contributed by atoms with Crippen LogP contribution in [0.5, 0.6) is 0 Å². The van der Waals surface area contributed by atoms with E-state index < -0.39 is 4.92 Å². The van der Waals surface area contributed by atoms with Gasteiger partial charge < -0.3 is 5.32 Å². The van der Waals surface area contributed by atoms with Gasteiger partial charge in [0.25, 0.3) is 5.69 Å². The number of amidine groups is 1. The molecule has 2 aliphatic rings. The predicted octanol–water partition coefficient (Wildman–Crippen LogP) is 3.83. The standard InChI is InChI=1S/C17H13N5O3S/c23-14(10-5-7-11(8-6-10)22(24)25)9-26-17-19-16-15(20-21-17)12-3-1-2-4-13(12)18-16/h1-8,15-16,18H,9H2/t15-,16+/m0/s1. The smallest absolute Gasteiger partial charge is 0.269 e. The number of azo groups is 1. The van der Waals surface area contributed by atoms with Gasteiger partial charge in [-0.25, -0.2) is 4.99 Å². The maximum atomic E-state index is 12.2. The summed E-state index contributed by atoms with van der Waals surface area (Å²) >= 11 is 1.20. The van der Waals surface area contributed by atoms with Crippen LogP contribution >= 0.6 is 11.8 Å². The zero-order chi connectivity index (χ0) is 18.1. The molecule has 0 aliphatic carbocycles. The number of Topliss-reactive ketones (excluding diaryl/α,β-unsaturated/α-hetero) is 1. The molecule has 130 valence electrons. The number of nitrogens with one attached hydrogen (secondary N) is 1. The Morgan fingerprint density at radius 2 is 1.96 bits per heavy atom. The summed E-state index contributed by atoms with van der Waals surface area (Å²) in [6.45, 7) is 0. The number of benzene rings is 2. The molecule has 0 fully saturated rings. The molecular formula is C17H13N5O3S. The number of hydrogen-bond acceptors (Lipinski definition) is 8. The lowest BCUT2D eigenvalue weighted by Crippen LogP contribution is -2.21. The highest BCUT2D eigenvalue weighted by Gasteiger charge is 2.34. The molecule has 2 aromatic rings. The molecule has 1 N–H and O–H groups in total. The predicted molar refractivity (Wildman–Crippen MR) is 98.8 cm³/mol. The number of fused-ring (bicyclic) bond motifs is 3. The van der Waals surface area contributed by atoms with Crippen LogP contribution in [0, 0.1) is 10.1 Å². The van der Waals surface area contributed by atoms with Gasteiger partial charge in [-0.05, 0) is 18.2 Å². The maximum absolute atomic E-state index is 12.2. The first-order valence-electron chi connectivity index (χ1n) is 7.86. The van der Waals surface area contributed by atoms with Crippen molar-refractivity contribution in [2.24, 2.45) is 15.2 Å². The number of aliphatic imine (C=N–C) groups is 1. The van der Waals surface area contributed by atoms with Gasteiger partial charge in [-0.3, -0.25) is 14.9 Å². The van der Waals surface area contributed by atoms with E-state index in [9.17, 15) is 14.9 Å². The summed E-state index contributed by atoms with van der Waals surface area (Å²) in [5.41, 5.74) is 2.44. The summed E-state index contributed by atoms with van der Waals surface area (Å²) in [5, 5.41) is 22.9. The first-order valence-corrected chi connectivity index (χ1v) is 8.85. The van der Waals surface area contributed by atoms with Gasteiger partial charge in [-0.15, -0.1) is 5.11 Å². The van der Waals surface area contributed by atoms with Crippen LogP contribution < -0.4 is 5.32 Å². The van der Waals surface area contributed by atoms with Crippen LogP contribution in [0.15, 0.2) is 63.8 Å². The van der Waals surface area contributed by atoms with Crippen molar-refractivity contribution in [1.29, 1.82) is 0 Å². The molecule has 2 aromatic carbocycles. The van der Waals surface area contributed by atoms with E-state index in [1.54, 1.807) is 0 Å². The lowest BCUT2D eigenvalue weighted by atomic mass is 10.1. The third-order valence-corrected chi connectivity index (χ3v) is 4.98. The monoisotopic (exact) mass is 367 g/mol. The quantitative estimate of drug-likeness (QED) is 0.502. The number of nitro benzene ring substituents is 1. The number of carbonyl (C=O) groups excluding carboxylic acids is 1. The number of anilines is 1. The number of non-ortho nitro benzene ring substituents is 1. The topological polar surface area (TPSA) is 109 Å². The molecule has 2 atom stereocenters. The fourth-order valence-corrected chi connectivity index (χ4v) is 3.55. The Hall–Kier alpha value is -3.07. The summed E-state index contributed by atoms with van der Waals surface area (Å²) in [7, 11) is 0. The number of para-hydroxylation sites is 1. The first kappa shape index (κ1) is 16.4. The Morgan fingerprint density at radius 3 is 2.73 bits per heavy atom. The molecular weight excluding hydrogens is 354 g/mol. The van der Waals surface area contributed by atoms with Crippen LogP contribution in [0.1, 0.15) is 22.0 Å². The highest BCUT2D eigenvalue weighted by Crippen LogP contribution is 2.39. The molecule has 26 heavy (non-hydrogen) atoms. The van der Waals surface area contributed by atoms with E-state index in [2.05, 4.69) is 20.5 Å². The Kier molecular flexibility index (Phi) is 4.21. The van der Waals surface area contributed by atoms with Gasteiger partial charge in [0.05, 0.1) is 10.7 Å². The van der Waals surface area contributed by atoms with Crippen molar-refractivity contribution in [2.45, 2.75) is 12.2 Å². The lowest BCUT2D eigenvalue weighted by molar-refractivity contribution is -0.384. The number of rotatable bonds is 4. The summed E-state index contributed by atoms with van der Waals surface area (Å²) < 4.78 is 0. The highest BCUT2D eigenvalue weighted by atomic mass is 32.2. The lowest BCUT2D eigenvalue weighted by Gasteiger charge is -2.16. The van der Waals surface area contributed by atoms with Crippen molar-refractivity contribution < 1.29 is 9.72 Å². The second-order valence-corrected chi connectivity index (χ2v) is 6.71. The molecule has 2 heterocycles. The van der Waals surface area contributed by atoms with E-state index in [0.29, 0.717) is 10.7 Å². The fraction of sp³-hybridized carbons (Fsp3) is 0.176. The second kappa shape index (κ2) is 6.68. The fourth-order valence-electron chi connectivity index (χ4n) is 2.83. The van der Waals surface area contributed by atoms with Gasteiger partial charge in [0, 0.05) is 28.9 Å². The van der Waals surface area contributed by atoms with Crippen LogP contribution in [-0.2, 0) is 0 Å². The number of thioether (sulfide) groups is 1. The van der Waals surface area contributed by atoms with Crippen LogP contribution in [0.2, 0.25) is 0 Å². The van der Waals surface area contributed by atoms with Gasteiger partial charge >= 0.3 is 0 Å². The van der Waals surface area contributed by atoms with E-state index in [-0.39, 0.29) is 29.4 Å². The van der Waals surface area contributed by atoms with Crippen molar-refractivity contribution in [3.8, 4) is 0 Å². The Bertz CT molecular complexity index is 942. The van der Waals surface area contributed by atoms with E-state index in [4.69, 9.17) is 0 Å². The molecule has 4 rings (SSSR count). The molecule has 8 nitrogen and oxygen atoms in total. The molecule has 0 radical (unpaired) electrons. The van der Waals surface area contributed by atoms with Crippen molar-refractivity contribution in [3.63, 3.8) is 0 Å². The van der Waals surface area contributed by atoms with Crippen LogP contribution in [0.25, 0.3) is 0 Å². The normalized spacial score (nSPS) is 19.9. The van der Waals surface area contributed by atoms with Crippen molar-refractivity contribution in [3.05, 3.63) is 69.8 Å². The third-order valence-electron chi connectivity index (χ3n) is 4.13. The van der Waals surface area contributed by atoms with Gasteiger partial charge in [-0.1, -0.05) is 30.0 Å². The first-order chi connectivity index (χ1) is 12.6. The zero-order valence-electron chi connectivity index (χ0n) is 13.4. The third kappa shape index (κ3) is 3.08. The number of nitro groups is 1. The van der Waals surface area contributed by atoms with Crippen molar-refractivity contribution >= 4 is 34.1 Å². The molecule has 0 spiro atoms. The average Bonchev–Trinajstić information content (AvgIpc) is 3.04. The molecule has 0 unspecified atom stereocenters. The average molecular weight is 367 g/mol. The number of nitrogens with zero attached hydrogens (tertiary/aromatic N) is 4. The van der Waals surface area contributed by atoms with E-state index in [1.807, 2.05) is 24.3 Å². The minimum absolute atomic E-state index is 0.0439. The van der Waals surface area contributed by atoms with Crippen molar-refractivity contribution in [2.75, 3.05) is 11.1 Å². The minimum atomic E-state index is -0.497. The van der Waals surface area contributed by atoms with E-state index in [0.717, 1.165) is 11.3 Å².